The molecule has 1 fully saturated rings. The Hall–Kier alpha value is -3.89. The van der Waals surface area contributed by atoms with Gasteiger partial charge >= 0.3 is 16.3 Å². The number of fused-ring (bicyclic) bond motifs is 2. The number of amides is 2. The molecule has 0 bridgehead atoms. The Balaban J connectivity index is 1.65. The Labute approximate surface area is 273 Å². The smallest absolute Gasteiger partial charge is 0.407 e. The Kier molecular flexibility index (Phi) is 8.62. The molecule has 1 heterocycles. The predicted molar refractivity (Wildman–Crippen MR) is 184 cm³/mol. The van der Waals surface area contributed by atoms with Gasteiger partial charge in [0.25, 0.3) is 0 Å². The van der Waals surface area contributed by atoms with Crippen LogP contribution in [0, 0.1) is 0 Å². The molecule has 10 heteroatoms. The van der Waals surface area contributed by atoms with Crippen LogP contribution in [-0.4, -0.2) is 55.7 Å². The molecule has 3 aromatic carbocycles. The number of carboxylic acid groups (broad SMARTS) is 1. The van der Waals surface area contributed by atoms with Gasteiger partial charge in [-0.05, 0) is 95.1 Å². The fraction of sp³-hybridized carbons (Fsp3) is 0.389. The minimum Gasteiger partial charge on any atom is -0.465 e. The molecule has 0 unspecified atom stereocenters. The molecule has 242 valence electrons. The average molecular weight is 658 g/mol. The quantitative estimate of drug-likeness (QED) is 0.246. The van der Waals surface area contributed by atoms with Crippen LogP contribution in [0.2, 0.25) is 5.04 Å². The normalized spacial score (nSPS) is 18.1. The second-order valence-electron chi connectivity index (χ2n) is 13.6. The van der Waals surface area contributed by atoms with Crippen molar-refractivity contribution in [3.05, 3.63) is 101 Å². The van der Waals surface area contributed by atoms with Gasteiger partial charge in [-0.2, -0.15) is 12.7 Å². The second-order valence-corrected chi connectivity index (χ2v) is 20.2. The summed E-state index contributed by atoms with van der Waals surface area (Å²) in [6, 6.07) is 21.3. The zero-order chi connectivity index (χ0) is 32.7. The van der Waals surface area contributed by atoms with Crippen LogP contribution in [0.15, 0.2) is 79.0 Å². The maximum Gasteiger partial charge on any atom is 0.407 e. The summed E-state index contributed by atoms with van der Waals surface area (Å²) >= 11 is 0. The van der Waals surface area contributed by atoms with Crippen LogP contribution in [-0.2, 0) is 40.7 Å². The first-order chi connectivity index (χ1) is 22.0. The molecule has 0 saturated carbocycles. The van der Waals surface area contributed by atoms with Gasteiger partial charge in [-0.15, -0.1) is 0 Å². The highest BCUT2D eigenvalue weighted by molar-refractivity contribution is 7.93. The maximum atomic E-state index is 15.6. The van der Waals surface area contributed by atoms with Gasteiger partial charge in [0.15, 0.2) is 0 Å². The van der Waals surface area contributed by atoms with Crippen LogP contribution in [0.3, 0.4) is 0 Å². The summed E-state index contributed by atoms with van der Waals surface area (Å²) < 4.78 is 33.7. The van der Waals surface area contributed by atoms with Crippen molar-refractivity contribution in [3.8, 4) is 0 Å². The predicted octanol–water partition coefficient (Wildman–Crippen LogP) is 5.39. The topological polar surface area (TPSA) is 98.2 Å². The number of benzene rings is 3. The molecule has 46 heavy (non-hydrogen) atoms. The van der Waals surface area contributed by atoms with Crippen molar-refractivity contribution in [2.75, 3.05) is 10.8 Å². The molecule has 8 nitrogen and oxygen atoms in total. The van der Waals surface area contributed by atoms with Crippen molar-refractivity contribution in [3.63, 3.8) is 0 Å². The van der Waals surface area contributed by atoms with E-state index in [1.165, 1.54) is 8.87 Å². The van der Waals surface area contributed by atoms with Crippen LogP contribution in [0.5, 0.6) is 0 Å². The summed E-state index contributed by atoms with van der Waals surface area (Å²) in [6.07, 6.45) is 9.08. The Morgan fingerprint density at radius 2 is 1.43 bits per heavy atom. The van der Waals surface area contributed by atoms with E-state index in [1.807, 2.05) is 60.7 Å². The van der Waals surface area contributed by atoms with Crippen LogP contribution < -0.4 is 14.7 Å². The lowest BCUT2D eigenvalue weighted by Gasteiger charge is -2.50. The average Bonchev–Trinajstić information content (AvgIpc) is 3.80. The summed E-state index contributed by atoms with van der Waals surface area (Å²) in [5.41, 5.74) is 4.70. The number of hydrogen-bond acceptors (Lipinski definition) is 4. The lowest BCUT2D eigenvalue weighted by Crippen LogP contribution is -2.75. The van der Waals surface area contributed by atoms with Crippen LogP contribution in [0.25, 0.3) is 0 Å². The first-order valence-corrected chi connectivity index (χ1v) is 19.6. The molecule has 0 spiro atoms. The maximum absolute atomic E-state index is 15.6. The Morgan fingerprint density at radius 3 is 1.91 bits per heavy atom. The van der Waals surface area contributed by atoms with Gasteiger partial charge in [0.2, 0.25) is 14.6 Å². The largest absolute Gasteiger partial charge is 0.465 e. The fourth-order valence-electron chi connectivity index (χ4n) is 8.12. The number of anilines is 1. The van der Waals surface area contributed by atoms with Crippen LogP contribution >= 0.6 is 0 Å². The van der Waals surface area contributed by atoms with E-state index in [9.17, 15) is 14.7 Å². The zero-order valence-electron chi connectivity index (χ0n) is 26.9. The van der Waals surface area contributed by atoms with Gasteiger partial charge in [0.05, 0.1) is 11.7 Å². The number of rotatable bonds is 9. The number of likely N-dealkylation sites (tertiary alicyclic amines) is 1. The zero-order valence-corrected chi connectivity index (χ0v) is 28.7. The van der Waals surface area contributed by atoms with E-state index in [0.29, 0.717) is 31.5 Å². The van der Waals surface area contributed by atoms with Crippen molar-refractivity contribution in [2.45, 2.75) is 83.2 Å². The molecular weight excluding hydrogens is 615 g/mol. The number of hydrogen-bond donors (Lipinski definition) is 1. The molecule has 1 aliphatic heterocycles. The van der Waals surface area contributed by atoms with Crippen molar-refractivity contribution in [1.82, 2.24) is 8.87 Å². The summed E-state index contributed by atoms with van der Waals surface area (Å²) in [5, 5.41) is 11.0. The standard InChI is InChI=1S/C36H43N3O5SSi/c1-36(2,3)46(30-16-6-4-7-17-30,31-18-8-5-9-19-31)39(24-22-29-15-12-23-37(29)35(41)42)45(43,44)38(26-40)34-32-20-10-13-27(32)25-28-14-11-21-33(28)34/h4-9,16-19,22,24-26,29H,10-15,20-21,23H2,1-3H3,(H,41,42)/b24-22+/t29-/m1/s1. The van der Waals surface area contributed by atoms with Gasteiger partial charge in [-0.25, -0.2) is 4.79 Å². The lowest BCUT2D eigenvalue weighted by atomic mass is 9.99. The van der Waals surface area contributed by atoms with Crippen LogP contribution in [0.1, 0.15) is 68.7 Å². The number of nitrogens with zero attached hydrogens (tertiary/aromatic N) is 3. The number of aryl methyl sites for hydroxylation is 2. The van der Waals surface area contributed by atoms with Crippen molar-refractivity contribution in [2.24, 2.45) is 0 Å². The highest BCUT2D eigenvalue weighted by Gasteiger charge is 2.57. The third kappa shape index (κ3) is 5.25. The third-order valence-corrected chi connectivity index (χ3v) is 18.3. The Morgan fingerprint density at radius 1 is 0.891 bits per heavy atom. The molecule has 0 radical (unpaired) electrons. The molecule has 6 rings (SSSR count). The van der Waals surface area contributed by atoms with E-state index in [2.05, 4.69) is 26.8 Å². The number of carbonyl (C=O) groups excluding carboxylic acids is 1. The van der Waals surface area contributed by atoms with Crippen molar-refractivity contribution in [1.29, 1.82) is 0 Å². The van der Waals surface area contributed by atoms with Gasteiger partial charge in [-0.1, -0.05) is 87.5 Å². The summed E-state index contributed by atoms with van der Waals surface area (Å²) in [7, 11) is -8.17. The monoisotopic (exact) mass is 657 g/mol. The Bertz CT molecular complexity index is 1680. The van der Waals surface area contributed by atoms with Gasteiger partial charge in [0, 0.05) is 12.7 Å². The molecular formula is C36H43N3O5SSi. The number of carbonyl (C=O) groups is 2. The fourth-order valence-corrected chi connectivity index (χ4v) is 17.1. The molecule has 3 aromatic rings. The molecule has 1 N–H and O–H groups in total. The first kappa shape index (κ1) is 32.1. The molecule has 0 aromatic heterocycles. The van der Waals surface area contributed by atoms with E-state index in [0.717, 1.165) is 75.5 Å². The summed E-state index contributed by atoms with van der Waals surface area (Å²) in [4.78, 5) is 26.8. The van der Waals surface area contributed by atoms with Crippen LogP contribution in [0.4, 0.5) is 10.5 Å². The van der Waals surface area contributed by atoms with Crippen molar-refractivity contribution >= 4 is 47.0 Å². The van der Waals surface area contributed by atoms with Gasteiger partial charge in [-0.3, -0.25) is 8.77 Å². The third-order valence-electron chi connectivity index (χ3n) is 10.0. The van der Waals surface area contributed by atoms with E-state index >= 15 is 8.42 Å². The molecule has 3 aliphatic rings. The summed E-state index contributed by atoms with van der Waals surface area (Å²) in [6.45, 7) is 6.59. The van der Waals surface area contributed by atoms with Crippen molar-refractivity contribution < 1.29 is 23.1 Å². The van der Waals surface area contributed by atoms with E-state index in [-0.39, 0.29) is 0 Å². The van der Waals surface area contributed by atoms with E-state index in [4.69, 9.17) is 0 Å². The summed E-state index contributed by atoms with van der Waals surface area (Å²) in [5.74, 6) is 0. The SMILES string of the molecule is CC(C)(C)[Si](c1ccccc1)(c1ccccc1)N(/C=C/[C@H]1CCCN1C(=O)O)S(=O)(=O)N(C=O)c1c2c(cc3c1CCC3)CCC2. The molecule has 1 atom stereocenters. The minimum absolute atomic E-state index is 0.388. The highest BCUT2D eigenvalue weighted by Crippen LogP contribution is 2.45. The van der Waals surface area contributed by atoms with E-state index < -0.39 is 35.6 Å². The molecule has 2 amide bonds. The minimum atomic E-state index is -4.57. The second kappa shape index (κ2) is 12.4. The van der Waals surface area contributed by atoms with Gasteiger partial charge in [0.1, 0.15) is 0 Å². The highest BCUT2D eigenvalue weighted by atomic mass is 32.2. The van der Waals surface area contributed by atoms with E-state index in [1.54, 1.807) is 12.3 Å². The molecule has 1 saturated heterocycles. The molecule has 2 aliphatic carbocycles. The van der Waals surface area contributed by atoms with Gasteiger partial charge < -0.3 is 10.0 Å². The lowest BCUT2D eigenvalue weighted by molar-refractivity contribution is -0.106. The first-order valence-electron chi connectivity index (χ1n) is 16.3.